The molecule has 166 valence electrons. The van der Waals surface area contributed by atoms with Gasteiger partial charge in [-0.3, -0.25) is 19.6 Å². The Bertz CT molecular complexity index is 965. The maximum absolute atomic E-state index is 12.6. The van der Waals surface area contributed by atoms with Crippen LogP contribution in [0.1, 0.15) is 33.7 Å². The summed E-state index contributed by atoms with van der Waals surface area (Å²) < 4.78 is 5.41. The molecule has 2 aliphatic rings. The first-order valence-corrected chi connectivity index (χ1v) is 10.6. The van der Waals surface area contributed by atoms with Crippen LogP contribution in [0.4, 0.5) is 5.69 Å². The molecule has 2 aliphatic heterocycles. The summed E-state index contributed by atoms with van der Waals surface area (Å²) >= 11 is 0. The van der Waals surface area contributed by atoms with Crippen LogP contribution in [0, 0.1) is 6.92 Å². The molecular formula is C23H31N5O3. The van der Waals surface area contributed by atoms with Gasteiger partial charge >= 0.3 is 0 Å². The third-order valence-corrected chi connectivity index (χ3v) is 5.02. The lowest BCUT2D eigenvalue weighted by Crippen LogP contribution is -2.41. The van der Waals surface area contributed by atoms with Gasteiger partial charge in [-0.1, -0.05) is 13.8 Å². The molecule has 8 heteroatoms. The van der Waals surface area contributed by atoms with E-state index in [1.807, 2.05) is 43.9 Å². The molecule has 4 rings (SSSR count). The Hall–Kier alpha value is -3.26. The highest BCUT2D eigenvalue weighted by Crippen LogP contribution is 2.25. The van der Waals surface area contributed by atoms with Crippen LogP contribution in [0.3, 0.4) is 0 Å². The van der Waals surface area contributed by atoms with Crippen LogP contribution in [-0.2, 0) is 14.3 Å². The molecule has 2 aromatic heterocycles. The number of nitrogens with one attached hydrogen (secondary N) is 2. The first kappa shape index (κ1) is 22.4. The molecular weight excluding hydrogens is 394 g/mol. The summed E-state index contributed by atoms with van der Waals surface area (Å²) in [6.45, 7) is 7.33. The van der Waals surface area contributed by atoms with Crippen molar-refractivity contribution in [2.75, 3.05) is 31.7 Å². The normalized spacial score (nSPS) is 15.8. The van der Waals surface area contributed by atoms with Gasteiger partial charge in [0.05, 0.1) is 30.7 Å². The molecule has 8 nitrogen and oxygen atoms in total. The Morgan fingerprint density at radius 1 is 1.35 bits per heavy atom. The average Bonchev–Trinajstić information content (AvgIpc) is 2.98. The fraction of sp³-hybridized carbons (Fsp3) is 0.391. The van der Waals surface area contributed by atoms with E-state index in [-0.39, 0.29) is 26.5 Å². The van der Waals surface area contributed by atoms with E-state index >= 15 is 0 Å². The number of aryl methyl sites for hydroxylation is 1. The van der Waals surface area contributed by atoms with E-state index in [0.29, 0.717) is 24.5 Å². The zero-order valence-corrected chi connectivity index (χ0v) is 18.3. The number of amides is 2. The van der Waals surface area contributed by atoms with Crippen LogP contribution in [0.25, 0.3) is 11.3 Å². The van der Waals surface area contributed by atoms with Gasteiger partial charge in [0.25, 0.3) is 5.91 Å². The zero-order chi connectivity index (χ0) is 22.2. The van der Waals surface area contributed by atoms with E-state index in [0.717, 1.165) is 35.2 Å². The van der Waals surface area contributed by atoms with Gasteiger partial charge < -0.3 is 20.3 Å². The largest absolute Gasteiger partial charge is 0.358 e. The van der Waals surface area contributed by atoms with E-state index in [4.69, 9.17) is 4.74 Å². The fourth-order valence-electron chi connectivity index (χ4n) is 3.74. The Morgan fingerprint density at radius 2 is 2.19 bits per heavy atom. The molecule has 2 amide bonds. The smallest absolute Gasteiger partial charge is 0.269 e. The van der Waals surface area contributed by atoms with Crippen LogP contribution < -0.4 is 10.6 Å². The van der Waals surface area contributed by atoms with Crippen LogP contribution in [0.15, 0.2) is 48.1 Å². The minimum Gasteiger partial charge on any atom is -0.358 e. The van der Waals surface area contributed by atoms with E-state index in [9.17, 15) is 9.59 Å². The number of carbonyl (C=O) groups excluding carboxylic acids is 2. The Labute approximate surface area is 184 Å². The quantitative estimate of drug-likeness (QED) is 0.781. The molecule has 0 saturated heterocycles. The van der Waals surface area contributed by atoms with Crippen molar-refractivity contribution in [3.63, 3.8) is 0 Å². The Kier molecular flexibility index (Phi) is 7.72. The van der Waals surface area contributed by atoms with E-state index < -0.39 is 0 Å². The fourth-order valence-corrected chi connectivity index (χ4v) is 3.74. The minimum absolute atomic E-state index is 0. The highest BCUT2D eigenvalue weighted by Gasteiger charge is 2.28. The van der Waals surface area contributed by atoms with Crippen molar-refractivity contribution in [3.05, 3.63) is 53.6 Å². The molecule has 4 heterocycles. The molecule has 0 saturated carbocycles. The van der Waals surface area contributed by atoms with Crippen molar-refractivity contribution < 1.29 is 15.8 Å². The molecule has 0 unspecified atom stereocenters. The zero-order valence-electron chi connectivity index (χ0n) is 18.3. The van der Waals surface area contributed by atoms with E-state index in [1.54, 1.807) is 18.6 Å². The van der Waals surface area contributed by atoms with Crippen LogP contribution in [-0.4, -0.2) is 53.1 Å². The highest BCUT2D eigenvalue weighted by atomic mass is 16.5. The Morgan fingerprint density at radius 3 is 2.94 bits per heavy atom. The van der Waals surface area contributed by atoms with E-state index in [2.05, 4.69) is 20.6 Å². The molecule has 0 aromatic carbocycles. The van der Waals surface area contributed by atoms with E-state index in [1.165, 1.54) is 0 Å². The first-order valence-electron chi connectivity index (χ1n) is 10.6. The molecule has 2 aromatic rings. The van der Waals surface area contributed by atoms with Gasteiger partial charge in [-0.2, -0.15) is 0 Å². The topological polar surface area (TPSA) is 96.5 Å². The van der Waals surface area contributed by atoms with Crippen LogP contribution >= 0.6 is 0 Å². The minimum atomic E-state index is -0.188. The molecule has 0 fully saturated rings. The third kappa shape index (κ3) is 5.46. The van der Waals surface area contributed by atoms with Gasteiger partial charge in [-0.15, -0.1) is 0 Å². The number of hydrogen-bond acceptors (Lipinski definition) is 6. The number of rotatable bonds is 4. The van der Waals surface area contributed by atoms with Gasteiger partial charge in [-0.25, -0.2) is 0 Å². The first-order chi connectivity index (χ1) is 15.1. The summed E-state index contributed by atoms with van der Waals surface area (Å²) in [6.07, 6.45) is 6.83. The monoisotopic (exact) mass is 425 g/mol. The van der Waals surface area contributed by atoms with Gasteiger partial charge in [0.2, 0.25) is 5.91 Å². The number of pyridine rings is 2. The summed E-state index contributed by atoms with van der Waals surface area (Å²) in [6, 6.07) is 5.70. The maximum atomic E-state index is 12.6. The summed E-state index contributed by atoms with van der Waals surface area (Å²) in [4.78, 5) is 35.5. The van der Waals surface area contributed by atoms with Crippen molar-refractivity contribution in [2.45, 2.75) is 33.6 Å². The number of aromatic nitrogens is 2. The summed E-state index contributed by atoms with van der Waals surface area (Å²) in [5.41, 5.74) is 4.86. The van der Waals surface area contributed by atoms with Crippen molar-refractivity contribution >= 4 is 17.5 Å². The maximum Gasteiger partial charge on any atom is 0.269 e. The van der Waals surface area contributed by atoms with Gasteiger partial charge in [0.1, 0.15) is 12.4 Å². The van der Waals surface area contributed by atoms with Gasteiger partial charge in [-0.05, 0) is 49.1 Å². The third-order valence-electron chi connectivity index (χ3n) is 5.02. The summed E-state index contributed by atoms with van der Waals surface area (Å²) in [5.74, 6) is -0.365. The molecule has 0 bridgehead atoms. The number of nitrogens with zero attached hydrogens (tertiary/aromatic N) is 3. The second-order valence-corrected chi connectivity index (χ2v) is 7.16. The molecule has 0 atom stereocenters. The SMILES string of the molecule is CC.Cc1cc(NC(=O)CN2CCCC3=C2C(=O)NCOC3)cnc1-c1cccnc1.[HH]. The number of ether oxygens (including phenoxy) is 1. The lowest BCUT2D eigenvalue weighted by atomic mass is 10.0. The summed E-state index contributed by atoms with van der Waals surface area (Å²) in [5, 5.41) is 5.61. The number of anilines is 1. The second kappa shape index (κ2) is 10.7. The molecule has 0 radical (unpaired) electrons. The van der Waals surface area contributed by atoms with Crippen LogP contribution in [0.5, 0.6) is 0 Å². The number of carbonyl (C=O) groups is 2. The standard InChI is InChI=1S/C21H23N5O3.C2H6.H2/c1-14-8-17(10-23-19(14)15-4-2-6-22-9-15)25-18(27)11-26-7-3-5-16-12-29-13-24-21(28)20(16)26;1-2;/h2,4,6,8-10H,3,5,7,11-13H2,1H3,(H,24,28)(H,25,27);1-2H3;1H. The molecule has 2 N–H and O–H groups in total. The molecule has 0 spiro atoms. The van der Waals surface area contributed by atoms with Crippen molar-refractivity contribution in [2.24, 2.45) is 0 Å². The van der Waals surface area contributed by atoms with Crippen molar-refractivity contribution in [3.8, 4) is 11.3 Å². The predicted octanol–water partition coefficient (Wildman–Crippen LogP) is 3.12. The molecule has 31 heavy (non-hydrogen) atoms. The lowest BCUT2D eigenvalue weighted by Gasteiger charge is -2.31. The lowest BCUT2D eigenvalue weighted by molar-refractivity contribution is -0.121. The van der Waals surface area contributed by atoms with Crippen molar-refractivity contribution in [1.82, 2.24) is 20.2 Å². The summed E-state index contributed by atoms with van der Waals surface area (Å²) in [7, 11) is 0. The predicted molar refractivity (Wildman–Crippen MR) is 121 cm³/mol. The number of hydrogen-bond donors (Lipinski definition) is 2. The van der Waals surface area contributed by atoms with Gasteiger partial charge in [0.15, 0.2) is 0 Å². The highest BCUT2D eigenvalue weighted by molar-refractivity contribution is 5.97. The van der Waals surface area contributed by atoms with Crippen molar-refractivity contribution in [1.29, 1.82) is 0 Å². The second-order valence-electron chi connectivity index (χ2n) is 7.16. The average molecular weight is 426 g/mol. The Balaban J connectivity index is 0.00000118. The van der Waals surface area contributed by atoms with Crippen LogP contribution in [0.2, 0.25) is 0 Å². The molecule has 0 aliphatic carbocycles. The van der Waals surface area contributed by atoms with Gasteiger partial charge in [0, 0.05) is 25.9 Å².